The molecule has 1 saturated heterocycles. The Hall–Kier alpha value is -1.56. The van der Waals surface area contributed by atoms with E-state index in [1.165, 1.54) is 199 Å². The fourth-order valence-corrected chi connectivity index (χ4v) is 10.5. The van der Waals surface area contributed by atoms with Crippen LogP contribution in [-0.2, 0) is 19.1 Å². The zero-order valence-electron chi connectivity index (χ0n) is 46.1. The molecule has 1 amide bonds. The van der Waals surface area contributed by atoms with Crippen molar-refractivity contribution in [1.82, 2.24) is 9.80 Å². The molecule has 0 saturated carbocycles. The van der Waals surface area contributed by atoms with E-state index in [-0.39, 0.29) is 12.0 Å². The lowest BCUT2D eigenvalue weighted by atomic mass is 9.95. The number of carbonyl (C=O) groups excluding carboxylic acids is 2. The number of nitrogens with zero attached hydrogens (tertiary/aromatic N) is 2. The lowest BCUT2D eigenvalue weighted by Crippen LogP contribution is -2.42. The largest absolute Gasteiger partial charge is 0.498 e. The third-order valence-corrected chi connectivity index (χ3v) is 15.1. The number of rotatable bonds is 52. The van der Waals surface area contributed by atoms with E-state index >= 15 is 0 Å². The Morgan fingerprint density at radius 2 is 0.821 bits per heavy atom. The number of esters is 1. The number of hydrogen-bond acceptors (Lipinski definition) is 5. The van der Waals surface area contributed by atoms with E-state index in [2.05, 4.69) is 51.0 Å². The highest BCUT2D eigenvalue weighted by atomic mass is 16.5. The highest BCUT2D eigenvalue weighted by molar-refractivity contribution is 5.76. The van der Waals surface area contributed by atoms with Gasteiger partial charge in [-0.15, -0.1) is 0 Å². The van der Waals surface area contributed by atoms with Gasteiger partial charge in [0.2, 0.25) is 5.91 Å². The van der Waals surface area contributed by atoms with Gasteiger partial charge in [-0.05, 0) is 109 Å². The molecule has 3 unspecified atom stereocenters. The van der Waals surface area contributed by atoms with E-state index in [0.29, 0.717) is 37.2 Å². The first kappa shape index (κ1) is 63.5. The van der Waals surface area contributed by atoms with Gasteiger partial charge in [0.15, 0.2) is 0 Å². The van der Waals surface area contributed by atoms with Crippen LogP contribution in [0.2, 0.25) is 0 Å². The first-order chi connectivity index (χ1) is 32.9. The van der Waals surface area contributed by atoms with Crippen LogP contribution in [0.1, 0.15) is 311 Å². The Labute approximate surface area is 419 Å². The summed E-state index contributed by atoms with van der Waals surface area (Å²) in [5.41, 5.74) is 0. The molecule has 0 aromatic rings. The molecule has 396 valence electrons. The summed E-state index contributed by atoms with van der Waals surface area (Å²) in [7, 11) is 0. The third-order valence-electron chi connectivity index (χ3n) is 15.1. The van der Waals surface area contributed by atoms with Gasteiger partial charge in [-0.25, -0.2) is 0 Å². The Kier molecular flexibility index (Phi) is 45.5. The van der Waals surface area contributed by atoms with E-state index in [9.17, 15) is 9.59 Å². The van der Waals surface area contributed by atoms with E-state index in [1.807, 2.05) is 0 Å². The van der Waals surface area contributed by atoms with Crippen LogP contribution in [-0.4, -0.2) is 67.1 Å². The van der Waals surface area contributed by atoms with Crippen molar-refractivity contribution in [3.63, 3.8) is 0 Å². The number of amides is 1. The van der Waals surface area contributed by atoms with Gasteiger partial charge >= 0.3 is 5.97 Å². The highest BCUT2D eigenvalue weighted by Gasteiger charge is 2.24. The molecule has 67 heavy (non-hydrogen) atoms. The number of carbonyl (C=O) groups is 2. The Morgan fingerprint density at radius 1 is 0.448 bits per heavy atom. The molecule has 3 atom stereocenters. The lowest BCUT2D eigenvalue weighted by Gasteiger charge is -2.33. The molecule has 0 N–H and O–H groups in total. The van der Waals surface area contributed by atoms with Crippen LogP contribution in [0, 0.1) is 11.8 Å². The molecule has 1 fully saturated rings. The van der Waals surface area contributed by atoms with Gasteiger partial charge in [-0.3, -0.25) is 9.59 Å². The number of likely N-dealkylation sites (tertiary alicyclic amines) is 1. The summed E-state index contributed by atoms with van der Waals surface area (Å²) in [6, 6.07) is 0.277. The van der Waals surface area contributed by atoms with Crippen LogP contribution < -0.4 is 0 Å². The minimum Gasteiger partial charge on any atom is -0.498 e. The van der Waals surface area contributed by atoms with Gasteiger partial charge in [0.1, 0.15) is 0 Å². The topological polar surface area (TPSA) is 59.1 Å². The maximum Gasteiger partial charge on any atom is 0.305 e. The van der Waals surface area contributed by atoms with Crippen molar-refractivity contribution >= 4 is 11.9 Å². The van der Waals surface area contributed by atoms with Crippen LogP contribution in [0.3, 0.4) is 0 Å². The van der Waals surface area contributed by atoms with Gasteiger partial charge in [-0.1, -0.05) is 221 Å². The van der Waals surface area contributed by atoms with Crippen molar-refractivity contribution in [2.45, 2.75) is 317 Å². The van der Waals surface area contributed by atoms with Crippen LogP contribution in [0.15, 0.2) is 12.3 Å². The van der Waals surface area contributed by atoms with Gasteiger partial charge in [-0.2, -0.15) is 0 Å². The highest BCUT2D eigenvalue weighted by Crippen LogP contribution is 2.25. The van der Waals surface area contributed by atoms with Crippen molar-refractivity contribution < 1.29 is 19.1 Å². The normalized spacial score (nSPS) is 14.3. The molecule has 0 aromatic heterocycles. The molecule has 1 aliphatic rings. The first-order valence-corrected chi connectivity index (χ1v) is 30.4. The molecule has 1 heterocycles. The molecule has 6 nitrogen and oxygen atoms in total. The minimum atomic E-state index is -0.00860. The SMILES string of the molecule is C=C(CCCCCC(CCCCCC(=O)OCC(CCCCCC)CCCCCCCC)N(CCCN1CCCC1)C(=O)CCCCCCC)OCC(CCCCCC)CCCCCCCC. The van der Waals surface area contributed by atoms with E-state index in [4.69, 9.17) is 9.47 Å². The van der Waals surface area contributed by atoms with Crippen LogP contribution >= 0.6 is 0 Å². The van der Waals surface area contributed by atoms with E-state index < -0.39 is 0 Å². The molecule has 1 rings (SSSR count). The summed E-state index contributed by atoms with van der Waals surface area (Å²) in [6.45, 7) is 21.6. The Bertz CT molecular complexity index is 1030. The minimum absolute atomic E-state index is 0.00860. The third kappa shape index (κ3) is 38.8. The summed E-state index contributed by atoms with van der Waals surface area (Å²) >= 11 is 0. The number of unbranched alkanes of at least 4 members (excludes halogenated alkanes) is 24. The summed E-state index contributed by atoms with van der Waals surface area (Å²) in [5, 5.41) is 0. The first-order valence-electron chi connectivity index (χ1n) is 30.4. The average molecular weight is 944 g/mol. The molecular formula is C61H118N2O4. The van der Waals surface area contributed by atoms with Gasteiger partial charge in [0.05, 0.1) is 19.0 Å². The zero-order chi connectivity index (χ0) is 48.7. The second-order valence-corrected chi connectivity index (χ2v) is 21.6. The van der Waals surface area contributed by atoms with E-state index in [1.54, 1.807) is 0 Å². The summed E-state index contributed by atoms with van der Waals surface area (Å²) in [4.78, 5) is 32.1. The number of allylic oxidation sites excluding steroid dienone is 1. The molecule has 0 bridgehead atoms. The molecule has 0 spiro atoms. The average Bonchev–Trinajstić information content (AvgIpc) is 3.86. The predicted molar refractivity (Wildman–Crippen MR) is 292 cm³/mol. The Morgan fingerprint density at radius 3 is 1.31 bits per heavy atom. The molecule has 1 aliphatic heterocycles. The van der Waals surface area contributed by atoms with Crippen molar-refractivity contribution in [3.05, 3.63) is 12.3 Å². The zero-order valence-corrected chi connectivity index (χ0v) is 46.1. The Balaban J connectivity index is 2.79. The maximum absolute atomic E-state index is 14.1. The van der Waals surface area contributed by atoms with Crippen molar-refractivity contribution in [2.24, 2.45) is 11.8 Å². The monoisotopic (exact) mass is 943 g/mol. The second-order valence-electron chi connectivity index (χ2n) is 21.6. The lowest BCUT2D eigenvalue weighted by molar-refractivity contribution is -0.145. The van der Waals surface area contributed by atoms with Gasteiger partial charge in [0, 0.05) is 31.8 Å². The molecule has 0 radical (unpaired) electrons. The number of ether oxygens (including phenoxy) is 2. The van der Waals surface area contributed by atoms with Crippen LogP contribution in [0.5, 0.6) is 0 Å². The molecule has 0 aliphatic carbocycles. The predicted octanol–water partition coefficient (Wildman–Crippen LogP) is 18.7. The van der Waals surface area contributed by atoms with Gasteiger partial charge < -0.3 is 19.3 Å². The number of hydrogen-bond donors (Lipinski definition) is 0. The second kappa shape index (κ2) is 48.1. The standard InChI is InChI=1S/C61H118N2O4/c1-7-12-17-22-25-32-44-57(42-30-20-15-10-4)54-66-56(6)41-29-27-34-46-59(63(53-40-52-62-50-38-39-51-62)60(64)48-36-24-19-14-9-3)47-35-28-37-49-61(65)67-55-58(43-31-21-16-11-5)45-33-26-23-18-13-8-2/h57-59H,6-55H2,1-5H3. The van der Waals surface area contributed by atoms with E-state index in [0.717, 1.165) is 103 Å². The van der Waals surface area contributed by atoms with Crippen molar-refractivity contribution in [3.8, 4) is 0 Å². The quantitative estimate of drug-likeness (QED) is 0.0345. The summed E-state index contributed by atoms with van der Waals surface area (Å²) in [6.07, 6.45) is 51.6. The maximum atomic E-state index is 14.1. The fraction of sp³-hybridized carbons (Fsp3) is 0.934. The van der Waals surface area contributed by atoms with Crippen LogP contribution in [0.25, 0.3) is 0 Å². The molecule has 6 heteroatoms. The smallest absolute Gasteiger partial charge is 0.305 e. The van der Waals surface area contributed by atoms with Gasteiger partial charge in [0.25, 0.3) is 0 Å². The molecule has 0 aromatic carbocycles. The fourth-order valence-electron chi connectivity index (χ4n) is 10.5. The summed E-state index contributed by atoms with van der Waals surface area (Å²) < 4.78 is 12.4. The van der Waals surface area contributed by atoms with Crippen LogP contribution in [0.4, 0.5) is 0 Å². The summed E-state index contributed by atoms with van der Waals surface area (Å²) in [5.74, 6) is 2.51. The molecular weight excluding hydrogens is 825 g/mol. The van der Waals surface area contributed by atoms with Crippen molar-refractivity contribution in [2.75, 3.05) is 39.4 Å². The van der Waals surface area contributed by atoms with Crippen molar-refractivity contribution in [1.29, 1.82) is 0 Å².